The lowest BCUT2D eigenvalue weighted by Gasteiger charge is -2.37. The number of aryl methyl sites for hydroxylation is 1. The van der Waals surface area contributed by atoms with Gasteiger partial charge in [-0.3, -0.25) is 34.0 Å². The summed E-state index contributed by atoms with van der Waals surface area (Å²) in [5.74, 6) is -2.88. The highest BCUT2D eigenvalue weighted by atomic mass is 16.5. The summed E-state index contributed by atoms with van der Waals surface area (Å²) in [6, 6.07) is 10.7. The number of hydrogen-bond acceptors (Lipinski definition) is 11. The van der Waals surface area contributed by atoms with E-state index < -0.39 is 47.2 Å². The average Bonchev–Trinajstić information content (AvgIpc) is 3.94. The molecular formula is C54H72N8O8. The molecule has 1 unspecified atom stereocenters. The molecular weight excluding hydrogens is 889 g/mol. The molecule has 2 aromatic heterocycles. The van der Waals surface area contributed by atoms with Crippen LogP contribution in [-0.2, 0) is 59.4 Å². The van der Waals surface area contributed by atoms with Gasteiger partial charge in [0, 0.05) is 81.4 Å². The highest BCUT2D eigenvalue weighted by Gasteiger charge is 2.40. The molecule has 7 rings (SSSR count). The summed E-state index contributed by atoms with van der Waals surface area (Å²) >= 11 is 0. The summed E-state index contributed by atoms with van der Waals surface area (Å²) in [4.78, 5) is 79.8. The number of hydrazine groups is 1. The minimum absolute atomic E-state index is 0.0143. The normalized spacial score (nSPS) is 20.5. The SMILES string of the molecule is C=CC(=O)N1CC[C@H](C(=O)N(C)C(C(=O)N[C@H]2Cc3cc(O)cc(c3)-c3ccc4c(c3)c(c(-c3cc(CN(C)C)cnc3[C@H](C)OC)n4CC)CC(C)(C)COC(=O)[C@@H]3CCCN(N3)C2=O)C(C)C)C1. The Morgan fingerprint density at radius 2 is 1.81 bits per heavy atom. The zero-order valence-electron chi connectivity index (χ0n) is 42.6. The molecule has 2 fully saturated rings. The van der Waals surface area contributed by atoms with Crippen LogP contribution in [0.3, 0.4) is 0 Å². The predicted molar refractivity (Wildman–Crippen MR) is 269 cm³/mol. The van der Waals surface area contributed by atoms with E-state index in [0.29, 0.717) is 56.4 Å². The van der Waals surface area contributed by atoms with Crippen molar-refractivity contribution in [3.8, 4) is 28.1 Å². The van der Waals surface area contributed by atoms with Gasteiger partial charge in [-0.1, -0.05) is 46.4 Å². The highest BCUT2D eigenvalue weighted by Crippen LogP contribution is 2.43. The van der Waals surface area contributed by atoms with Gasteiger partial charge in [0.15, 0.2) is 0 Å². The number of aromatic nitrogens is 2. The maximum absolute atomic E-state index is 14.8. The molecule has 6 bridgehead atoms. The molecule has 376 valence electrons. The fraction of sp³-hybridized carbons (Fsp3) is 0.519. The smallest absolute Gasteiger partial charge is 0.324 e. The number of esters is 1. The number of phenolic OH excluding ortho intramolecular Hbond substituents is 1. The van der Waals surface area contributed by atoms with Gasteiger partial charge in [-0.25, -0.2) is 5.43 Å². The van der Waals surface area contributed by atoms with Crippen LogP contribution >= 0.6 is 0 Å². The fourth-order valence-electron chi connectivity index (χ4n) is 10.5. The molecule has 0 radical (unpaired) electrons. The molecule has 4 amide bonds. The molecule has 0 aliphatic carbocycles. The second kappa shape index (κ2) is 21.5. The van der Waals surface area contributed by atoms with E-state index in [1.807, 2.05) is 53.2 Å². The molecule has 5 atom stereocenters. The number of phenols is 1. The minimum atomic E-state index is -1.17. The standard InChI is InChI=1S/C54H72N8O8/c1-12-46(64)60-20-18-37(30-60)51(66)59(10)48(32(3)4)50(65)56-44-24-34-21-38(25-39(63)22-34)36-16-17-45-40(26-36)42(27-54(6,7)31-70-53(68)43-15-14-19-62(57-43)52(44)67)49(61(45)13-2)41-23-35(29-58(8)9)28-55-47(41)33(5)69-11/h12,16-17,21-23,25-26,28,32-33,37,43-44,48,57,63H,1,13-15,18-20,24,27,29-31H2,2-11H3,(H,56,65)/t33-,37-,43-,44-,48?/m0/s1. The van der Waals surface area contributed by atoms with Crippen molar-refractivity contribution in [2.24, 2.45) is 17.3 Å². The maximum Gasteiger partial charge on any atom is 0.324 e. The van der Waals surface area contributed by atoms with Crippen molar-refractivity contribution >= 4 is 40.5 Å². The van der Waals surface area contributed by atoms with E-state index in [1.54, 1.807) is 31.2 Å². The number of benzene rings is 2. The summed E-state index contributed by atoms with van der Waals surface area (Å²) in [6.07, 6.45) is 4.73. The number of methoxy groups -OCH3 is 1. The van der Waals surface area contributed by atoms with Crippen LogP contribution in [0, 0.1) is 17.3 Å². The van der Waals surface area contributed by atoms with Crippen LogP contribution in [0.5, 0.6) is 5.75 Å². The molecule has 3 aliphatic rings. The lowest BCUT2D eigenvalue weighted by molar-refractivity contribution is -0.155. The second-order valence-corrected chi connectivity index (χ2v) is 20.7. The van der Waals surface area contributed by atoms with Gasteiger partial charge in [0.2, 0.25) is 17.7 Å². The number of amides is 4. The molecule has 5 heterocycles. The molecule has 0 spiro atoms. The molecule has 3 N–H and O–H groups in total. The van der Waals surface area contributed by atoms with Gasteiger partial charge in [0.1, 0.15) is 23.9 Å². The Morgan fingerprint density at radius 3 is 2.50 bits per heavy atom. The van der Waals surface area contributed by atoms with Gasteiger partial charge in [0.25, 0.3) is 5.91 Å². The lowest BCUT2D eigenvalue weighted by atomic mass is 9.84. The summed E-state index contributed by atoms with van der Waals surface area (Å²) in [5.41, 5.74) is 10.6. The summed E-state index contributed by atoms with van der Waals surface area (Å²) in [5, 5.41) is 16.8. The molecule has 4 aromatic rings. The molecule has 2 saturated heterocycles. The number of nitrogens with zero attached hydrogens (tertiary/aromatic N) is 6. The summed E-state index contributed by atoms with van der Waals surface area (Å²) in [6.45, 7) is 17.9. The van der Waals surface area contributed by atoms with Gasteiger partial charge in [-0.2, -0.15) is 0 Å². The first-order valence-corrected chi connectivity index (χ1v) is 24.6. The number of pyridine rings is 1. The van der Waals surface area contributed by atoms with Gasteiger partial charge >= 0.3 is 5.97 Å². The first-order valence-electron chi connectivity index (χ1n) is 24.6. The van der Waals surface area contributed by atoms with Crippen LogP contribution in [0.1, 0.15) is 89.3 Å². The number of likely N-dealkylation sites (N-methyl/N-ethyl adjacent to an activating group) is 1. The largest absolute Gasteiger partial charge is 0.508 e. The molecule has 16 heteroatoms. The molecule has 16 nitrogen and oxygen atoms in total. The number of cyclic esters (lactones) is 1. The van der Waals surface area contributed by atoms with Crippen molar-refractivity contribution in [2.75, 3.05) is 54.5 Å². The van der Waals surface area contributed by atoms with Gasteiger partial charge in [-0.15, -0.1) is 0 Å². The maximum atomic E-state index is 14.8. The predicted octanol–water partition coefficient (Wildman–Crippen LogP) is 6.03. The third-order valence-corrected chi connectivity index (χ3v) is 14.0. The third-order valence-electron chi connectivity index (χ3n) is 14.0. The number of carbonyl (C=O) groups is 5. The van der Waals surface area contributed by atoms with Crippen molar-refractivity contribution < 1.29 is 38.6 Å². The first-order chi connectivity index (χ1) is 33.2. The zero-order chi connectivity index (χ0) is 50.8. The van der Waals surface area contributed by atoms with Crippen molar-refractivity contribution in [3.05, 3.63) is 83.7 Å². The monoisotopic (exact) mass is 961 g/mol. The Bertz CT molecular complexity index is 2640. The topological polar surface area (TPSA) is 179 Å². The van der Waals surface area contributed by atoms with Crippen LogP contribution in [0.15, 0.2) is 61.3 Å². The minimum Gasteiger partial charge on any atom is -0.508 e. The molecule has 70 heavy (non-hydrogen) atoms. The van der Waals surface area contributed by atoms with E-state index in [4.69, 9.17) is 14.5 Å². The fourth-order valence-corrected chi connectivity index (χ4v) is 10.5. The number of rotatable bonds is 12. The Hall–Kier alpha value is -6.10. The van der Waals surface area contributed by atoms with Crippen molar-refractivity contribution in [2.45, 2.75) is 111 Å². The van der Waals surface area contributed by atoms with Crippen LogP contribution in [0.4, 0.5) is 0 Å². The number of nitrogens with one attached hydrogen (secondary N) is 2. The third kappa shape index (κ3) is 11.1. The highest BCUT2D eigenvalue weighted by molar-refractivity contribution is 5.96. The van der Waals surface area contributed by atoms with E-state index in [0.717, 1.165) is 44.5 Å². The molecule has 0 saturated carbocycles. The Balaban J connectivity index is 1.33. The summed E-state index contributed by atoms with van der Waals surface area (Å²) in [7, 11) is 7.33. The van der Waals surface area contributed by atoms with Gasteiger partial charge in [-0.05, 0) is 124 Å². The first kappa shape index (κ1) is 51.7. The lowest BCUT2D eigenvalue weighted by Crippen LogP contribution is -2.62. The van der Waals surface area contributed by atoms with Crippen molar-refractivity contribution in [1.29, 1.82) is 0 Å². The van der Waals surface area contributed by atoms with E-state index >= 15 is 0 Å². The number of hydrogen-bond donors (Lipinski definition) is 3. The Kier molecular flexibility index (Phi) is 15.9. The van der Waals surface area contributed by atoms with Crippen LogP contribution in [-0.4, -0.2) is 137 Å². The average molecular weight is 961 g/mol. The quantitative estimate of drug-likeness (QED) is 0.112. The van der Waals surface area contributed by atoms with E-state index in [2.05, 4.69) is 65.8 Å². The number of carbonyl (C=O) groups excluding carboxylic acids is 5. The molecule has 2 aromatic carbocycles. The zero-order valence-corrected chi connectivity index (χ0v) is 42.6. The summed E-state index contributed by atoms with van der Waals surface area (Å²) < 4.78 is 14.4. The molecule has 3 aliphatic heterocycles. The Morgan fingerprint density at radius 1 is 1.06 bits per heavy atom. The Labute approximate surface area is 412 Å². The van der Waals surface area contributed by atoms with Crippen LogP contribution in [0.25, 0.3) is 33.3 Å². The van der Waals surface area contributed by atoms with Crippen LogP contribution < -0.4 is 10.7 Å². The van der Waals surface area contributed by atoms with E-state index in [1.165, 1.54) is 16.0 Å². The number of aromatic hydroxyl groups is 1. The number of ether oxygens (including phenoxy) is 2. The van der Waals surface area contributed by atoms with Crippen molar-refractivity contribution in [3.63, 3.8) is 0 Å². The van der Waals surface area contributed by atoms with Crippen LogP contribution in [0.2, 0.25) is 0 Å². The van der Waals surface area contributed by atoms with Gasteiger partial charge in [0.05, 0.1) is 30.0 Å². The van der Waals surface area contributed by atoms with E-state index in [-0.39, 0.29) is 55.7 Å². The second-order valence-electron chi connectivity index (χ2n) is 20.7. The van der Waals surface area contributed by atoms with E-state index in [9.17, 15) is 29.1 Å². The van der Waals surface area contributed by atoms with Gasteiger partial charge < -0.3 is 39.2 Å². The number of likely N-dealkylation sites (tertiary alicyclic amines) is 1. The number of fused-ring (bicyclic) bond motifs is 6. The van der Waals surface area contributed by atoms with Crippen molar-refractivity contribution in [1.82, 2.24) is 40.0 Å².